The minimum absolute atomic E-state index is 0.195. The molecule has 19 heavy (non-hydrogen) atoms. The molecule has 2 heterocycles. The smallest absolute Gasteiger partial charge is 0.310 e. The van der Waals surface area contributed by atoms with Crippen molar-refractivity contribution < 1.29 is 9.53 Å². The van der Waals surface area contributed by atoms with E-state index in [-0.39, 0.29) is 5.97 Å². The normalized spacial score (nSPS) is 10.6. The highest BCUT2D eigenvalue weighted by molar-refractivity contribution is 7.12. The first-order valence-electron chi connectivity index (χ1n) is 5.94. The van der Waals surface area contributed by atoms with Gasteiger partial charge in [-0.1, -0.05) is 0 Å². The van der Waals surface area contributed by atoms with Gasteiger partial charge in [-0.15, -0.1) is 22.7 Å². The van der Waals surface area contributed by atoms with Gasteiger partial charge in [0.25, 0.3) is 0 Å². The SMILES string of the molecule is COC(=O)Cc1ccc(CNCc2ncc(C)s2)s1. The third kappa shape index (κ3) is 4.41. The number of rotatable bonds is 6. The molecule has 2 aromatic rings. The first kappa shape index (κ1) is 14.2. The molecule has 2 aromatic heterocycles. The number of hydrogen-bond donors (Lipinski definition) is 1. The van der Waals surface area contributed by atoms with Crippen molar-refractivity contribution in [1.29, 1.82) is 0 Å². The quantitative estimate of drug-likeness (QED) is 0.832. The molecule has 2 rings (SSSR count). The fourth-order valence-corrected chi connectivity index (χ4v) is 3.33. The Bertz CT molecular complexity index is 548. The number of nitrogens with one attached hydrogen (secondary N) is 1. The zero-order chi connectivity index (χ0) is 13.7. The van der Waals surface area contributed by atoms with Crippen LogP contribution in [0.3, 0.4) is 0 Å². The van der Waals surface area contributed by atoms with Crippen LogP contribution in [0.1, 0.15) is 19.6 Å². The lowest BCUT2D eigenvalue weighted by Gasteiger charge is -1.99. The number of esters is 1. The fraction of sp³-hybridized carbons (Fsp3) is 0.385. The molecule has 0 unspecified atom stereocenters. The number of carbonyl (C=O) groups excluding carboxylic acids is 1. The van der Waals surface area contributed by atoms with E-state index in [4.69, 9.17) is 0 Å². The number of hydrogen-bond acceptors (Lipinski definition) is 6. The van der Waals surface area contributed by atoms with Crippen LogP contribution in [0.5, 0.6) is 0 Å². The van der Waals surface area contributed by atoms with Crippen molar-refractivity contribution in [3.8, 4) is 0 Å². The van der Waals surface area contributed by atoms with Crippen molar-refractivity contribution in [3.05, 3.63) is 38.0 Å². The minimum atomic E-state index is -0.195. The summed E-state index contributed by atoms with van der Waals surface area (Å²) in [6.45, 7) is 3.63. The summed E-state index contributed by atoms with van der Waals surface area (Å²) in [5.74, 6) is -0.195. The van der Waals surface area contributed by atoms with Gasteiger partial charge in [-0.05, 0) is 19.1 Å². The first-order valence-corrected chi connectivity index (χ1v) is 7.57. The van der Waals surface area contributed by atoms with Gasteiger partial charge in [-0.2, -0.15) is 0 Å². The maximum absolute atomic E-state index is 11.2. The summed E-state index contributed by atoms with van der Waals surface area (Å²) in [4.78, 5) is 18.9. The number of aromatic nitrogens is 1. The highest BCUT2D eigenvalue weighted by Gasteiger charge is 2.06. The van der Waals surface area contributed by atoms with Crippen molar-refractivity contribution in [2.75, 3.05) is 7.11 Å². The second-order valence-corrected chi connectivity index (χ2v) is 6.66. The molecule has 0 saturated carbocycles. The van der Waals surface area contributed by atoms with Gasteiger partial charge in [0, 0.05) is 33.9 Å². The van der Waals surface area contributed by atoms with E-state index < -0.39 is 0 Å². The molecule has 0 fully saturated rings. The van der Waals surface area contributed by atoms with Gasteiger partial charge in [0.05, 0.1) is 13.5 Å². The molecule has 0 saturated heterocycles. The molecule has 0 spiro atoms. The molecule has 0 bridgehead atoms. The second-order valence-electron chi connectivity index (χ2n) is 4.09. The summed E-state index contributed by atoms with van der Waals surface area (Å²) in [6, 6.07) is 4.02. The van der Waals surface area contributed by atoms with Gasteiger partial charge in [-0.25, -0.2) is 4.98 Å². The Labute approximate surface area is 120 Å². The van der Waals surface area contributed by atoms with E-state index in [1.807, 2.05) is 18.3 Å². The van der Waals surface area contributed by atoms with Gasteiger partial charge < -0.3 is 10.1 Å². The van der Waals surface area contributed by atoms with Crippen molar-refractivity contribution in [3.63, 3.8) is 0 Å². The van der Waals surface area contributed by atoms with Gasteiger partial charge in [0.2, 0.25) is 0 Å². The molecule has 0 aliphatic carbocycles. The van der Waals surface area contributed by atoms with Crippen LogP contribution < -0.4 is 5.32 Å². The Balaban J connectivity index is 1.78. The van der Waals surface area contributed by atoms with Gasteiger partial charge in [0.15, 0.2) is 0 Å². The maximum atomic E-state index is 11.2. The number of ether oxygens (including phenoxy) is 1. The van der Waals surface area contributed by atoms with E-state index in [1.165, 1.54) is 16.9 Å². The highest BCUT2D eigenvalue weighted by Crippen LogP contribution is 2.17. The number of thiophene rings is 1. The van der Waals surface area contributed by atoms with Gasteiger partial charge >= 0.3 is 5.97 Å². The standard InChI is InChI=1S/C13H16N2O2S2/c1-9-6-15-12(18-9)8-14-7-11-4-3-10(19-11)5-13(16)17-2/h3-4,6,14H,5,7-8H2,1-2H3. The van der Waals surface area contributed by atoms with Crippen LogP contribution >= 0.6 is 22.7 Å². The monoisotopic (exact) mass is 296 g/mol. The molecule has 0 aliphatic heterocycles. The summed E-state index contributed by atoms with van der Waals surface area (Å²) in [5.41, 5.74) is 0. The second kappa shape index (κ2) is 6.79. The predicted octanol–water partition coefficient (Wildman–Crippen LogP) is 2.52. The van der Waals surface area contributed by atoms with Crippen molar-refractivity contribution in [2.45, 2.75) is 26.4 Å². The summed E-state index contributed by atoms with van der Waals surface area (Å²) >= 11 is 3.34. The fourth-order valence-electron chi connectivity index (χ4n) is 1.60. The van der Waals surface area contributed by atoms with E-state index in [9.17, 15) is 4.79 Å². The van der Waals surface area contributed by atoms with E-state index in [2.05, 4.69) is 22.0 Å². The molecule has 0 aliphatic rings. The average Bonchev–Trinajstić information content (AvgIpc) is 2.99. The van der Waals surface area contributed by atoms with E-state index in [0.717, 1.165) is 23.0 Å². The first-order chi connectivity index (χ1) is 9.17. The Hall–Kier alpha value is -1.24. The number of nitrogens with zero attached hydrogens (tertiary/aromatic N) is 1. The van der Waals surface area contributed by atoms with E-state index >= 15 is 0 Å². The Morgan fingerprint density at radius 3 is 2.79 bits per heavy atom. The molecule has 0 radical (unpaired) electrons. The van der Waals surface area contributed by atoms with Crippen LogP contribution in [0.4, 0.5) is 0 Å². The lowest BCUT2D eigenvalue weighted by molar-refractivity contribution is -0.139. The van der Waals surface area contributed by atoms with Crippen LogP contribution in [0.2, 0.25) is 0 Å². The molecule has 0 aromatic carbocycles. The number of thiazole rings is 1. The third-order valence-electron chi connectivity index (χ3n) is 2.51. The van der Waals surface area contributed by atoms with Crippen molar-refractivity contribution in [1.82, 2.24) is 10.3 Å². The molecule has 1 N–H and O–H groups in total. The molecular formula is C13H16N2O2S2. The summed E-state index contributed by atoms with van der Waals surface area (Å²) in [6.07, 6.45) is 2.24. The maximum Gasteiger partial charge on any atom is 0.310 e. The molecule has 4 nitrogen and oxygen atoms in total. The predicted molar refractivity (Wildman–Crippen MR) is 77.4 cm³/mol. The van der Waals surface area contributed by atoms with Crippen LogP contribution in [-0.2, 0) is 29.0 Å². The van der Waals surface area contributed by atoms with E-state index in [1.54, 1.807) is 22.7 Å². The molecule has 0 amide bonds. The summed E-state index contributed by atoms with van der Waals surface area (Å²) in [7, 11) is 1.41. The molecular weight excluding hydrogens is 280 g/mol. The molecule has 0 atom stereocenters. The van der Waals surface area contributed by atoms with Gasteiger partial charge in [0.1, 0.15) is 5.01 Å². The van der Waals surface area contributed by atoms with Crippen LogP contribution in [0.15, 0.2) is 18.3 Å². The largest absolute Gasteiger partial charge is 0.469 e. The molecule has 6 heteroatoms. The van der Waals surface area contributed by atoms with Crippen LogP contribution in [-0.4, -0.2) is 18.1 Å². The van der Waals surface area contributed by atoms with Gasteiger partial charge in [-0.3, -0.25) is 4.79 Å². The van der Waals surface area contributed by atoms with Crippen molar-refractivity contribution in [2.24, 2.45) is 0 Å². The van der Waals surface area contributed by atoms with Crippen LogP contribution in [0, 0.1) is 6.92 Å². The average molecular weight is 296 g/mol. The number of aryl methyl sites for hydroxylation is 1. The minimum Gasteiger partial charge on any atom is -0.469 e. The molecule has 102 valence electrons. The van der Waals surface area contributed by atoms with Crippen LogP contribution in [0.25, 0.3) is 0 Å². The zero-order valence-corrected chi connectivity index (χ0v) is 12.6. The topological polar surface area (TPSA) is 51.2 Å². The lowest BCUT2D eigenvalue weighted by Crippen LogP contribution is -2.11. The summed E-state index contributed by atoms with van der Waals surface area (Å²) < 4.78 is 4.65. The Kier molecular flexibility index (Phi) is 5.07. The zero-order valence-electron chi connectivity index (χ0n) is 10.9. The van der Waals surface area contributed by atoms with Crippen molar-refractivity contribution >= 4 is 28.6 Å². The third-order valence-corrected chi connectivity index (χ3v) is 4.51. The summed E-state index contributed by atoms with van der Waals surface area (Å²) in [5, 5.41) is 4.45. The van der Waals surface area contributed by atoms with E-state index in [0.29, 0.717) is 6.42 Å². The lowest BCUT2D eigenvalue weighted by atomic mass is 10.3. The Morgan fingerprint density at radius 2 is 2.11 bits per heavy atom. The Morgan fingerprint density at radius 1 is 1.32 bits per heavy atom. The highest BCUT2D eigenvalue weighted by atomic mass is 32.1. The number of methoxy groups -OCH3 is 1. The number of carbonyl (C=O) groups is 1.